The van der Waals surface area contributed by atoms with Gasteiger partial charge in [-0.2, -0.15) is 4.31 Å². The minimum absolute atomic E-state index is 0.0348. The number of nitrogens with one attached hydrogen (secondary N) is 2. The van der Waals surface area contributed by atoms with Gasteiger partial charge in [0, 0.05) is 86.8 Å². The first-order valence-corrected chi connectivity index (χ1v) is 25.4. The molecule has 3 amide bonds. The molecule has 68 heavy (non-hydrogen) atoms. The van der Waals surface area contributed by atoms with Gasteiger partial charge in [-0.25, -0.2) is 13.8 Å². The van der Waals surface area contributed by atoms with E-state index in [0.29, 0.717) is 44.5 Å². The lowest BCUT2D eigenvalue weighted by Gasteiger charge is -2.35. The molecule has 2 aromatic heterocycles. The number of rotatable bonds is 20. The standard InChI is InChI=1S/C52H71N7O8S/c1-11-58-45-20-19-39(28-42(45)43(29-52(7,8)32-67-33-60)48(58)41-18-15-22-53-46(41)36(6)66-10)38-17-14-16-37(26-38)27-44(51(63)59-24-13-12-23-54-59)55-49(61)47(35(4)5)56(9)50(62)40-21-25-57(30-40)68(64,65)31-34(2)3/h14-20,22,26,28,31,33,35-36,40,44,47,54H,11-13,21,23-25,27,29-30,32H2,1-10H3,(H,55,61)/t36-,40-,44-,47-/m0/s1. The van der Waals surface area contributed by atoms with Crippen LogP contribution in [-0.2, 0) is 58.1 Å². The van der Waals surface area contributed by atoms with Crippen LogP contribution in [0, 0.1) is 17.3 Å². The van der Waals surface area contributed by atoms with Crippen molar-refractivity contribution in [3.8, 4) is 22.4 Å². The Bertz CT molecular complexity index is 2600. The number of ether oxygens (including phenoxy) is 2. The van der Waals surface area contributed by atoms with Gasteiger partial charge in [0.25, 0.3) is 12.4 Å². The lowest BCUT2D eigenvalue weighted by atomic mass is 9.84. The first-order chi connectivity index (χ1) is 32.3. The number of sulfonamides is 1. The van der Waals surface area contributed by atoms with Crippen molar-refractivity contribution in [2.45, 2.75) is 112 Å². The number of allylic oxidation sites excluding steroid dienone is 1. The highest BCUT2D eigenvalue weighted by molar-refractivity contribution is 7.92. The number of hydrazine groups is 1. The molecule has 2 aromatic carbocycles. The van der Waals surface area contributed by atoms with Gasteiger partial charge in [-0.05, 0) is 106 Å². The zero-order valence-electron chi connectivity index (χ0n) is 41.5. The third-order valence-corrected chi connectivity index (χ3v) is 14.9. The van der Waals surface area contributed by atoms with E-state index in [1.165, 1.54) is 14.6 Å². The molecule has 0 radical (unpaired) electrons. The third kappa shape index (κ3) is 11.9. The predicted molar refractivity (Wildman–Crippen MR) is 265 cm³/mol. The number of hydrogen-bond acceptors (Lipinski definition) is 10. The highest BCUT2D eigenvalue weighted by Crippen LogP contribution is 2.42. The van der Waals surface area contributed by atoms with E-state index < -0.39 is 39.3 Å². The second-order valence-corrected chi connectivity index (χ2v) is 21.4. The van der Waals surface area contributed by atoms with E-state index in [2.05, 4.69) is 66.4 Å². The number of likely N-dealkylation sites (N-methyl/N-ethyl adjacent to an activating group) is 1. The molecule has 6 rings (SSSR count). The minimum Gasteiger partial charge on any atom is -0.467 e. The smallest absolute Gasteiger partial charge is 0.293 e. The molecule has 2 fully saturated rings. The molecule has 2 aliphatic heterocycles. The van der Waals surface area contributed by atoms with Crippen LogP contribution < -0.4 is 10.7 Å². The molecule has 4 atom stereocenters. The summed E-state index contributed by atoms with van der Waals surface area (Å²) in [7, 11) is -0.415. The summed E-state index contributed by atoms with van der Waals surface area (Å²) in [5.41, 5.74) is 11.1. The van der Waals surface area contributed by atoms with Gasteiger partial charge in [0.05, 0.1) is 30.0 Å². The van der Waals surface area contributed by atoms with Crippen LogP contribution in [-0.4, -0.2) is 115 Å². The number of fused-ring (bicyclic) bond motifs is 1. The van der Waals surface area contributed by atoms with Crippen molar-refractivity contribution in [2.24, 2.45) is 17.3 Å². The minimum atomic E-state index is -3.68. The van der Waals surface area contributed by atoms with Crippen LogP contribution in [0.15, 0.2) is 71.8 Å². The van der Waals surface area contributed by atoms with E-state index in [1.54, 1.807) is 39.2 Å². The first kappa shape index (κ1) is 52.0. The van der Waals surface area contributed by atoms with E-state index in [0.717, 1.165) is 62.9 Å². The molecule has 16 heteroatoms. The molecule has 0 saturated carbocycles. The second-order valence-electron chi connectivity index (χ2n) is 19.7. The number of benzene rings is 2. The van der Waals surface area contributed by atoms with Crippen LogP contribution in [0.1, 0.15) is 97.6 Å². The highest BCUT2D eigenvalue weighted by atomic mass is 32.2. The van der Waals surface area contributed by atoms with Crippen molar-refractivity contribution in [2.75, 3.05) is 46.9 Å². The van der Waals surface area contributed by atoms with Gasteiger partial charge in [-0.1, -0.05) is 63.6 Å². The maximum absolute atomic E-state index is 14.5. The fourth-order valence-corrected chi connectivity index (χ4v) is 11.3. The van der Waals surface area contributed by atoms with Crippen LogP contribution in [0.2, 0.25) is 0 Å². The topological polar surface area (TPSA) is 172 Å². The Morgan fingerprint density at radius 1 is 1.03 bits per heavy atom. The van der Waals surface area contributed by atoms with E-state index in [-0.39, 0.29) is 50.0 Å². The van der Waals surface area contributed by atoms with Crippen molar-refractivity contribution >= 4 is 45.1 Å². The van der Waals surface area contributed by atoms with Gasteiger partial charge in [-0.3, -0.25) is 29.2 Å². The second kappa shape index (κ2) is 22.3. The lowest BCUT2D eigenvalue weighted by molar-refractivity contribution is -0.145. The number of carbonyl (C=O) groups is 4. The van der Waals surface area contributed by atoms with Crippen LogP contribution in [0.25, 0.3) is 33.3 Å². The average Bonchev–Trinajstić information content (AvgIpc) is 3.93. The molecule has 0 aliphatic carbocycles. The Balaban J connectivity index is 1.34. The summed E-state index contributed by atoms with van der Waals surface area (Å²) in [6.45, 7) is 18.2. The Morgan fingerprint density at radius 2 is 1.78 bits per heavy atom. The van der Waals surface area contributed by atoms with Gasteiger partial charge in [0.1, 0.15) is 12.1 Å². The van der Waals surface area contributed by atoms with Gasteiger partial charge < -0.3 is 24.3 Å². The van der Waals surface area contributed by atoms with Crippen LogP contribution in [0.4, 0.5) is 0 Å². The summed E-state index contributed by atoms with van der Waals surface area (Å²) >= 11 is 0. The average molecular weight is 954 g/mol. The van der Waals surface area contributed by atoms with Crippen LogP contribution in [0.3, 0.4) is 0 Å². The first-order valence-electron chi connectivity index (χ1n) is 23.8. The van der Waals surface area contributed by atoms with E-state index in [9.17, 15) is 27.6 Å². The van der Waals surface area contributed by atoms with Crippen molar-refractivity contribution in [3.63, 3.8) is 0 Å². The van der Waals surface area contributed by atoms with Crippen LogP contribution in [0.5, 0.6) is 0 Å². The molecule has 15 nitrogen and oxygen atoms in total. The van der Waals surface area contributed by atoms with E-state index in [4.69, 9.17) is 14.5 Å². The van der Waals surface area contributed by atoms with Crippen molar-refractivity contribution < 1.29 is 37.1 Å². The molecule has 4 heterocycles. The number of aryl methyl sites for hydroxylation is 1. The number of amides is 3. The normalized spacial score (nSPS) is 17.2. The van der Waals surface area contributed by atoms with Crippen molar-refractivity contribution in [3.05, 3.63) is 88.6 Å². The molecule has 368 valence electrons. The molecule has 2 N–H and O–H groups in total. The number of methoxy groups -OCH3 is 1. The Kier molecular flexibility index (Phi) is 17.1. The summed E-state index contributed by atoms with van der Waals surface area (Å²) in [5, 5.41) is 6.93. The number of nitrogens with zero attached hydrogens (tertiary/aromatic N) is 5. The largest absolute Gasteiger partial charge is 0.467 e. The quantitative estimate of drug-likeness (QED) is 0.0875. The molecule has 2 aliphatic rings. The Hall–Kier alpha value is -5.42. The van der Waals surface area contributed by atoms with Gasteiger partial charge in [-0.15, -0.1) is 0 Å². The Labute approximate surface area is 402 Å². The van der Waals surface area contributed by atoms with E-state index in [1.807, 2.05) is 45.0 Å². The van der Waals surface area contributed by atoms with Gasteiger partial charge in [0.2, 0.25) is 21.8 Å². The monoisotopic (exact) mass is 954 g/mol. The molecular weight excluding hydrogens is 883 g/mol. The van der Waals surface area contributed by atoms with Gasteiger partial charge in [0.15, 0.2) is 0 Å². The lowest BCUT2D eigenvalue weighted by Crippen LogP contribution is -2.59. The summed E-state index contributed by atoms with van der Waals surface area (Å²) in [6, 6.07) is 16.6. The van der Waals surface area contributed by atoms with Crippen LogP contribution >= 0.6 is 0 Å². The molecule has 0 spiro atoms. The molecule has 0 bridgehead atoms. The number of carbonyl (C=O) groups excluding carboxylic acids is 4. The molecule has 2 saturated heterocycles. The van der Waals surface area contributed by atoms with Crippen molar-refractivity contribution in [1.29, 1.82) is 0 Å². The zero-order chi connectivity index (χ0) is 49.5. The fourth-order valence-electron chi connectivity index (χ4n) is 9.78. The SMILES string of the molecule is CCn1c(-c2cccnc2[C@H](C)OC)c(CC(C)(C)COC=O)c2cc(-c3cccc(C[C@H](NC(=O)[C@H](C(C)C)N(C)C(=O)[C@H]4CCN(S(=O)(=O)C=C(C)C)C4)C(=O)N4CCCCN4)c3)ccc21. The Morgan fingerprint density at radius 3 is 2.44 bits per heavy atom. The zero-order valence-corrected chi connectivity index (χ0v) is 42.3. The summed E-state index contributed by atoms with van der Waals surface area (Å²) < 4.78 is 40.7. The maximum Gasteiger partial charge on any atom is 0.293 e. The number of aromatic nitrogens is 2. The summed E-state index contributed by atoms with van der Waals surface area (Å²) in [5.74, 6) is -1.96. The maximum atomic E-state index is 14.5. The molecule has 0 unspecified atom stereocenters. The summed E-state index contributed by atoms with van der Waals surface area (Å²) in [6.07, 6.45) is 4.40. The predicted octanol–water partition coefficient (Wildman–Crippen LogP) is 7.05. The molecule has 4 aromatic rings. The number of pyridine rings is 1. The number of hydrogen-bond donors (Lipinski definition) is 2. The van der Waals surface area contributed by atoms with Gasteiger partial charge >= 0.3 is 0 Å². The molecular formula is C52H71N7O8S. The summed E-state index contributed by atoms with van der Waals surface area (Å²) in [4.78, 5) is 60.4. The fraction of sp³-hybridized carbons (Fsp3) is 0.519. The van der Waals surface area contributed by atoms with Crippen molar-refractivity contribution in [1.82, 2.24) is 34.5 Å². The van der Waals surface area contributed by atoms with E-state index >= 15 is 0 Å². The highest BCUT2D eigenvalue weighted by Gasteiger charge is 2.40. The third-order valence-electron chi connectivity index (χ3n) is 13.1.